The molecule has 1 heterocycles. The number of aryl methyl sites for hydroxylation is 1. The predicted octanol–water partition coefficient (Wildman–Crippen LogP) is 4.02. The Balaban J connectivity index is 1.87. The number of hydrogen-bond donors (Lipinski definition) is 1. The first-order valence-corrected chi connectivity index (χ1v) is 9.21. The molecule has 0 radical (unpaired) electrons. The number of nitrogens with zero attached hydrogens (tertiary/aromatic N) is 1. The van der Waals surface area contributed by atoms with Gasteiger partial charge < -0.3 is 9.47 Å². The van der Waals surface area contributed by atoms with Gasteiger partial charge in [0.1, 0.15) is 5.75 Å². The van der Waals surface area contributed by atoms with Gasteiger partial charge >= 0.3 is 12.0 Å². The SMILES string of the molecule is COC(=O)CCc1cn(C(=O)NSc2ccccc2)c2ccc(OC)cc12. The zero-order valence-electron chi connectivity index (χ0n) is 15.1. The highest BCUT2D eigenvalue weighted by Gasteiger charge is 2.16. The molecule has 1 aromatic heterocycles. The van der Waals surface area contributed by atoms with Gasteiger partial charge in [0.25, 0.3) is 0 Å². The van der Waals surface area contributed by atoms with E-state index < -0.39 is 0 Å². The van der Waals surface area contributed by atoms with Crippen LogP contribution in [-0.2, 0) is 16.0 Å². The van der Waals surface area contributed by atoms with Crippen LogP contribution < -0.4 is 9.46 Å². The van der Waals surface area contributed by atoms with Gasteiger partial charge in [-0.15, -0.1) is 0 Å². The molecule has 27 heavy (non-hydrogen) atoms. The minimum atomic E-state index is -0.289. The summed E-state index contributed by atoms with van der Waals surface area (Å²) in [6.07, 6.45) is 2.48. The van der Waals surface area contributed by atoms with E-state index in [1.54, 1.807) is 23.9 Å². The maximum atomic E-state index is 12.7. The van der Waals surface area contributed by atoms with Crippen molar-refractivity contribution in [1.29, 1.82) is 0 Å². The predicted molar refractivity (Wildman–Crippen MR) is 105 cm³/mol. The lowest BCUT2D eigenvalue weighted by Crippen LogP contribution is -2.21. The fourth-order valence-corrected chi connectivity index (χ4v) is 3.35. The first-order chi connectivity index (χ1) is 13.1. The third-order valence-corrected chi connectivity index (χ3v) is 4.92. The molecule has 0 spiro atoms. The monoisotopic (exact) mass is 384 g/mol. The summed E-state index contributed by atoms with van der Waals surface area (Å²) in [5.74, 6) is 0.404. The van der Waals surface area contributed by atoms with Crippen LogP contribution in [0.25, 0.3) is 10.9 Å². The average molecular weight is 384 g/mol. The molecule has 0 bridgehead atoms. The summed E-state index contributed by atoms with van der Waals surface area (Å²) in [5.41, 5.74) is 1.64. The van der Waals surface area contributed by atoms with Crippen molar-refractivity contribution in [2.45, 2.75) is 17.7 Å². The summed E-state index contributed by atoms with van der Waals surface area (Å²) in [6, 6.07) is 14.8. The lowest BCUT2D eigenvalue weighted by molar-refractivity contribution is -0.140. The first kappa shape index (κ1) is 18.8. The topological polar surface area (TPSA) is 69.6 Å². The van der Waals surface area contributed by atoms with E-state index in [2.05, 4.69) is 4.72 Å². The highest BCUT2D eigenvalue weighted by molar-refractivity contribution is 7.98. The molecule has 6 nitrogen and oxygen atoms in total. The Bertz CT molecular complexity index is 953. The number of amides is 1. The summed E-state index contributed by atoms with van der Waals surface area (Å²) in [6.45, 7) is 0. The fraction of sp³-hybridized carbons (Fsp3) is 0.200. The van der Waals surface area contributed by atoms with E-state index >= 15 is 0 Å². The van der Waals surface area contributed by atoms with Crippen LogP contribution in [0.15, 0.2) is 59.6 Å². The summed E-state index contributed by atoms with van der Waals surface area (Å²) in [5, 5.41) is 0.873. The number of rotatable bonds is 6. The zero-order chi connectivity index (χ0) is 19.2. The largest absolute Gasteiger partial charge is 0.497 e. The van der Waals surface area contributed by atoms with Gasteiger partial charge in [0.2, 0.25) is 0 Å². The Morgan fingerprint density at radius 2 is 1.89 bits per heavy atom. The van der Waals surface area contributed by atoms with E-state index in [1.807, 2.05) is 42.5 Å². The van der Waals surface area contributed by atoms with Crippen molar-refractivity contribution in [3.8, 4) is 5.75 Å². The third-order valence-electron chi connectivity index (χ3n) is 4.14. The number of hydrogen-bond acceptors (Lipinski definition) is 5. The maximum absolute atomic E-state index is 12.7. The summed E-state index contributed by atoms with van der Waals surface area (Å²) in [7, 11) is 2.96. The summed E-state index contributed by atoms with van der Waals surface area (Å²) < 4.78 is 14.4. The van der Waals surface area contributed by atoms with E-state index in [0.717, 1.165) is 21.4 Å². The molecule has 0 unspecified atom stereocenters. The molecule has 0 atom stereocenters. The smallest absolute Gasteiger partial charge is 0.336 e. The number of carbonyl (C=O) groups is 2. The molecule has 3 aromatic rings. The molecule has 3 rings (SSSR count). The van der Waals surface area contributed by atoms with E-state index in [0.29, 0.717) is 12.2 Å². The van der Waals surface area contributed by atoms with E-state index in [4.69, 9.17) is 9.47 Å². The van der Waals surface area contributed by atoms with E-state index in [1.165, 1.54) is 19.1 Å². The quantitative estimate of drug-likeness (QED) is 0.513. The van der Waals surface area contributed by atoms with Crippen LogP contribution in [0.4, 0.5) is 4.79 Å². The van der Waals surface area contributed by atoms with Gasteiger partial charge in [-0.3, -0.25) is 14.1 Å². The van der Waals surface area contributed by atoms with Crippen molar-refractivity contribution in [3.63, 3.8) is 0 Å². The van der Waals surface area contributed by atoms with Gasteiger partial charge in [-0.05, 0) is 54.3 Å². The molecule has 0 fully saturated rings. The minimum Gasteiger partial charge on any atom is -0.497 e. The minimum absolute atomic E-state index is 0.243. The Morgan fingerprint density at radius 1 is 1.11 bits per heavy atom. The number of esters is 1. The second-order valence-corrected chi connectivity index (χ2v) is 6.69. The molecule has 0 aliphatic carbocycles. The fourth-order valence-electron chi connectivity index (χ4n) is 2.75. The number of aromatic nitrogens is 1. The Hall–Kier alpha value is -2.93. The molecule has 1 N–H and O–H groups in total. The first-order valence-electron chi connectivity index (χ1n) is 8.39. The van der Waals surface area contributed by atoms with Gasteiger partial charge in [0, 0.05) is 22.9 Å². The van der Waals surface area contributed by atoms with Gasteiger partial charge in [0.15, 0.2) is 0 Å². The molecule has 0 aliphatic heterocycles. The van der Waals surface area contributed by atoms with Crippen LogP contribution in [0.5, 0.6) is 5.75 Å². The van der Waals surface area contributed by atoms with Crippen molar-refractivity contribution >= 4 is 34.9 Å². The molecule has 1 amide bonds. The standard InChI is InChI=1S/C20H20N2O4S/c1-25-15-9-10-18-17(12-15)14(8-11-19(23)26-2)13-22(18)20(24)21-27-16-6-4-3-5-7-16/h3-7,9-10,12-13H,8,11H2,1-2H3,(H,21,24). The molecule has 7 heteroatoms. The van der Waals surface area contributed by atoms with Crippen molar-refractivity contribution in [2.24, 2.45) is 0 Å². The maximum Gasteiger partial charge on any atom is 0.336 e. The van der Waals surface area contributed by atoms with Crippen molar-refractivity contribution < 1.29 is 19.1 Å². The highest BCUT2D eigenvalue weighted by atomic mass is 32.2. The van der Waals surface area contributed by atoms with Gasteiger partial charge in [-0.25, -0.2) is 4.79 Å². The molecular weight excluding hydrogens is 364 g/mol. The van der Waals surface area contributed by atoms with Crippen molar-refractivity contribution in [2.75, 3.05) is 14.2 Å². The molecule has 140 valence electrons. The molecule has 0 aliphatic rings. The van der Waals surface area contributed by atoms with Crippen LogP contribution in [-0.4, -0.2) is 30.8 Å². The lowest BCUT2D eigenvalue weighted by Gasteiger charge is -2.06. The lowest BCUT2D eigenvalue weighted by atomic mass is 10.1. The Labute approximate surface area is 161 Å². The van der Waals surface area contributed by atoms with Crippen LogP contribution in [0.1, 0.15) is 12.0 Å². The highest BCUT2D eigenvalue weighted by Crippen LogP contribution is 2.27. The zero-order valence-corrected chi connectivity index (χ0v) is 15.9. The number of fused-ring (bicyclic) bond motifs is 1. The number of methoxy groups -OCH3 is 2. The van der Waals surface area contributed by atoms with Crippen molar-refractivity contribution in [1.82, 2.24) is 9.29 Å². The Morgan fingerprint density at radius 3 is 2.59 bits per heavy atom. The van der Waals surface area contributed by atoms with Crippen LogP contribution in [0.3, 0.4) is 0 Å². The van der Waals surface area contributed by atoms with Crippen LogP contribution >= 0.6 is 11.9 Å². The number of benzene rings is 2. The third kappa shape index (κ3) is 4.43. The summed E-state index contributed by atoms with van der Waals surface area (Å²) in [4.78, 5) is 25.1. The number of carbonyl (C=O) groups excluding carboxylic acids is 2. The van der Waals surface area contributed by atoms with Gasteiger partial charge in [0.05, 0.1) is 19.7 Å². The van der Waals surface area contributed by atoms with Crippen molar-refractivity contribution in [3.05, 3.63) is 60.3 Å². The van der Waals surface area contributed by atoms with Crippen LogP contribution in [0, 0.1) is 0 Å². The molecular formula is C20H20N2O4S. The van der Waals surface area contributed by atoms with Gasteiger partial charge in [-0.1, -0.05) is 18.2 Å². The molecule has 2 aromatic carbocycles. The molecule has 0 saturated carbocycles. The van der Waals surface area contributed by atoms with E-state index in [-0.39, 0.29) is 18.4 Å². The van der Waals surface area contributed by atoms with Gasteiger partial charge in [-0.2, -0.15) is 0 Å². The second-order valence-electron chi connectivity index (χ2n) is 5.81. The number of ether oxygens (including phenoxy) is 2. The molecule has 0 saturated heterocycles. The normalized spacial score (nSPS) is 10.6. The summed E-state index contributed by atoms with van der Waals surface area (Å²) >= 11 is 1.25. The number of nitrogens with one attached hydrogen (secondary N) is 1. The Kier molecular flexibility index (Phi) is 6.03. The second kappa shape index (κ2) is 8.64. The van der Waals surface area contributed by atoms with E-state index in [9.17, 15) is 9.59 Å². The average Bonchev–Trinajstić information content (AvgIpc) is 3.08. The van der Waals surface area contributed by atoms with Crippen LogP contribution in [0.2, 0.25) is 0 Å².